The van der Waals surface area contributed by atoms with E-state index in [1.165, 1.54) is 0 Å². The van der Waals surface area contributed by atoms with Crippen LogP contribution in [-0.4, -0.2) is 15.6 Å². The third-order valence-corrected chi connectivity index (χ3v) is 5.50. The summed E-state index contributed by atoms with van der Waals surface area (Å²) in [6.45, 7) is 0. The molecular weight excluding hydrogens is 392 g/mol. The number of rotatable bonds is 5. The molecule has 0 saturated carbocycles. The van der Waals surface area contributed by atoms with E-state index in [4.69, 9.17) is 5.10 Å². The predicted octanol–water partition coefficient (Wildman–Crippen LogP) is 6.83. The average molecular weight is 415 g/mol. The van der Waals surface area contributed by atoms with Crippen LogP contribution in [0.5, 0.6) is 0 Å². The second-order valence-electron chi connectivity index (χ2n) is 7.59. The lowest BCUT2D eigenvalue weighted by Gasteiger charge is -2.11. The summed E-state index contributed by atoms with van der Waals surface area (Å²) in [5.74, 6) is -0.0492. The van der Waals surface area contributed by atoms with Gasteiger partial charge in [0.1, 0.15) is 5.69 Å². The lowest BCUT2D eigenvalue weighted by atomic mass is 9.94. The van der Waals surface area contributed by atoms with E-state index in [1.807, 2.05) is 114 Å². The number of allylic oxidation sites excluding steroid dienone is 6. The van der Waals surface area contributed by atoms with Gasteiger partial charge in [-0.2, -0.15) is 5.10 Å². The summed E-state index contributed by atoms with van der Waals surface area (Å²) in [4.78, 5) is 13.8. The topological polar surface area (TPSA) is 34.9 Å². The van der Waals surface area contributed by atoms with Crippen LogP contribution in [0.15, 0.2) is 127 Å². The molecule has 0 spiro atoms. The molecule has 0 radical (unpaired) electrons. The molecule has 1 heterocycles. The standard InChI is InChI=1S/C29H22N2O/c32-29(24-18-6-1-2-7-19-24)27-26(22-14-8-3-9-15-22)28(23-16-10-4-11-17-23)31(30-27)25-20-12-5-13-21-25/h1-18,20-21H,19H2. The summed E-state index contributed by atoms with van der Waals surface area (Å²) in [7, 11) is 0. The number of carbonyl (C=O) groups is 1. The zero-order valence-corrected chi connectivity index (χ0v) is 17.6. The van der Waals surface area contributed by atoms with Gasteiger partial charge >= 0.3 is 0 Å². The molecule has 154 valence electrons. The number of hydrogen-bond donors (Lipinski definition) is 0. The summed E-state index contributed by atoms with van der Waals surface area (Å²) < 4.78 is 1.90. The maximum atomic E-state index is 13.8. The van der Waals surface area contributed by atoms with Gasteiger partial charge in [-0.1, -0.05) is 109 Å². The summed E-state index contributed by atoms with van der Waals surface area (Å²) in [6, 6.07) is 30.2. The highest BCUT2D eigenvalue weighted by atomic mass is 16.1. The van der Waals surface area contributed by atoms with Gasteiger partial charge in [-0.05, 0) is 24.1 Å². The van der Waals surface area contributed by atoms with Crippen LogP contribution in [-0.2, 0) is 0 Å². The van der Waals surface area contributed by atoms with Gasteiger partial charge in [-0.15, -0.1) is 0 Å². The fourth-order valence-electron chi connectivity index (χ4n) is 3.97. The van der Waals surface area contributed by atoms with Crippen molar-refractivity contribution in [2.24, 2.45) is 0 Å². The fraction of sp³-hybridized carbons (Fsp3) is 0.0345. The Labute approximate surface area is 187 Å². The van der Waals surface area contributed by atoms with Crippen LogP contribution in [0.3, 0.4) is 0 Å². The van der Waals surface area contributed by atoms with Gasteiger partial charge in [0.15, 0.2) is 0 Å². The van der Waals surface area contributed by atoms with Gasteiger partial charge in [0, 0.05) is 16.7 Å². The molecule has 3 nitrogen and oxygen atoms in total. The molecule has 3 aromatic carbocycles. The Morgan fingerprint density at radius 2 is 1.34 bits per heavy atom. The van der Waals surface area contributed by atoms with E-state index in [1.54, 1.807) is 0 Å². The van der Waals surface area contributed by atoms with Crippen LogP contribution in [0.1, 0.15) is 16.9 Å². The predicted molar refractivity (Wildman–Crippen MR) is 130 cm³/mol. The Morgan fingerprint density at radius 1 is 0.719 bits per heavy atom. The van der Waals surface area contributed by atoms with Crippen molar-refractivity contribution < 1.29 is 4.79 Å². The Hall–Kier alpha value is -4.24. The van der Waals surface area contributed by atoms with E-state index in [0.29, 0.717) is 12.1 Å². The molecule has 0 bridgehead atoms. The molecule has 3 heteroatoms. The van der Waals surface area contributed by atoms with Crippen molar-refractivity contribution in [3.05, 3.63) is 133 Å². The van der Waals surface area contributed by atoms with Gasteiger partial charge in [0.05, 0.1) is 11.4 Å². The number of aromatic nitrogens is 2. The molecule has 0 saturated heterocycles. The zero-order chi connectivity index (χ0) is 21.8. The molecule has 5 rings (SSSR count). The normalized spacial score (nSPS) is 12.9. The number of nitrogens with zero attached hydrogens (tertiary/aromatic N) is 2. The summed E-state index contributed by atoms with van der Waals surface area (Å²) in [5, 5.41) is 4.92. The first kappa shape index (κ1) is 19.7. The highest BCUT2D eigenvalue weighted by Crippen LogP contribution is 2.38. The number of carbonyl (C=O) groups excluding carboxylic acids is 1. The maximum Gasteiger partial charge on any atom is 0.210 e. The number of ketones is 1. The molecule has 1 aliphatic rings. The summed E-state index contributed by atoms with van der Waals surface area (Å²) >= 11 is 0. The molecule has 0 unspecified atom stereocenters. The van der Waals surface area contributed by atoms with Gasteiger partial charge in [-0.3, -0.25) is 4.79 Å². The van der Waals surface area contributed by atoms with Crippen molar-refractivity contribution in [3.63, 3.8) is 0 Å². The van der Waals surface area contributed by atoms with E-state index >= 15 is 0 Å². The largest absolute Gasteiger partial charge is 0.287 e. The van der Waals surface area contributed by atoms with Crippen molar-refractivity contribution in [1.82, 2.24) is 9.78 Å². The Kier molecular flexibility index (Phi) is 5.46. The van der Waals surface area contributed by atoms with E-state index in [2.05, 4.69) is 12.1 Å². The van der Waals surface area contributed by atoms with Crippen LogP contribution in [0.4, 0.5) is 0 Å². The van der Waals surface area contributed by atoms with Crippen molar-refractivity contribution >= 4 is 5.78 Å². The molecule has 0 atom stereocenters. The first-order valence-corrected chi connectivity index (χ1v) is 10.7. The molecular formula is C29H22N2O. The summed E-state index contributed by atoms with van der Waals surface area (Å²) in [6.07, 6.45) is 10.3. The molecule has 0 N–H and O–H groups in total. The van der Waals surface area contributed by atoms with Gasteiger partial charge in [0.25, 0.3) is 0 Å². The fourth-order valence-corrected chi connectivity index (χ4v) is 3.97. The van der Waals surface area contributed by atoms with Crippen molar-refractivity contribution in [1.29, 1.82) is 0 Å². The lowest BCUT2D eigenvalue weighted by Crippen LogP contribution is -2.06. The summed E-state index contributed by atoms with van der Waals surface area (Å²) in [5.41, 5.74) is 5.85. The monoisotopic (exact) mass is 414 g/mol. The third kappa shape index (κ3) is 3.77. The van der Waals surface area contributed by atoms with Crippen molar-refractivity contribution in [2.75, 3.05) is 0 Å². The molecule has 0 aliphatic heterocycles. The number of hydrogen-bond acceptors (Lipinski definition) is 2. The molecule has 0 fully saturated rings. The van der Waals surface area contributed by atoms with Crippen LogP contribution < -0.4 is 0 Å². The first-order valence-electron chi connectivity index (χ1n) is 10.7. The SMILES string of the molecule is O=C(C1=CC=CC=CC1)c1nn(-c2ccccc2)c(-c2ccccc2)c1-c1ccccc1. The van der Waals surface area contributed by atoms with E-state index in [-0.39, 0.29) is 5.78 Å². The highest BCUT2D eigenvalue weighted by Gasteiger charge is 2.27. The number of benzene rings is 3. The second-order valence-corrected chi connectivity index (χ2v) is 7.59. The quantitative estimate of drug-likeness (QED) is 0.335. The zero-order valence-electron chi connectivity index (χ0n) is 17.6. The van der Waals surface area contributed by atoms with Crippen LogP contribution in [0, 0.1) is 0 Å². The first-order chi connectivity index (χ1) is 15.8. The Bertz CT molecular complexity index is 1330. The second kappa shape index (κ2) is 8.86. The lowest BCUT2D eigenvalue weighted by molar-refractivity contribution is 0.102. The average Bonchev–Trinajstić information content (AvgIpc) is 3.05. The van der Waals surface area contributed by atoms with Crippen LogP contribution in [0.25, 0.3) is 28.1 Å². The minimum absolute atomic E-state index is 0.0492. The Morgan fingerprint density at radius 3 is 2.03 bits per heavy atom. The minimum atomic E-state index is -0.0492. The third-order valence-electron chi connectivity index (χ3n) is 5.50. The van der Waals surface area contributed by atoms with E-state index in [0.717, 1.165) is 33.6 Å². The van der Waals surface area contributed by atoms with Gasteiger partial charge < -0.3 is 0 Å². The van der Waals surface area contributed by atoms with Crippen LogP contribution in [0.2, 0.25) is 0 Å². The maximum absolute atomic E-state index is 13.8. The highest BCUT2D eigenvalue weighted by molar-refractivity contribution is 6.13. The Balaban J connectivity index is 1.81. The molecule has 1 aromatic heterocycles. The molecule has 4 aromatic rings. The molecule has 0 amide bonds. The van der Waals surface area contributed by atoms with Crippen molar-refractivity contribution in [2.45, 2.75) is 6.42 Å². The molecule has 1 aliphatic carbocycles. The van der Waals surface area contributed by atoms with Crippen molar-refractivity contribution in [3.8, 4) is 28.1 Å². The van der Waals surface area contributed by atoms with Crippen LogP contribution >= 0.6 is 0 Å². The minimum Gasteiger partial charge on any atom is -0.287 e. The smallest absolute Gasteiger partial charge is 0.210 e. The van der Waals surface area contributed by atoms with Gasteiger partial charge in [0.2, 0.25) is 5.78 Å². The van der Waals surface area contributed by atoms with Gasteiger partial charge in [-0.25, -0.2) is 4.68 Å². The number of Topliss-reactive ketones (excluding diaryl/α,β-unsaturated/α-hetero) is 1. The molecule has 32 heavy (non-hydrogen) atoms. The van der Waals surface area contributed by atoms with E-state index in [9.17, 15) is 4.79 Å². The van der Waals surface area contributed by atoms with E-state index < -0.39 is 0 Å². The number of para-hydroxylation sites is 1.